The Balaban J connectivity index is 2.22. The van der Waals surface area contributed by atoms with E-state index in [1.54, 1.807) is 0 Å². The first kappa shape index (κ1) is 14.1. The monoisotopic (exact) mass is 259 g/mol. The molecule has 0 unspecified atom stereocenters. The average Bonchev–Trinajstić information content (AvgIpc) is 2.63. The molecule has 0 radical (unpaired) electrons. The van der Waals surface area contributed by atoms with Gasteiger partial charge in [-0.3, -0.25) is 0 Å². The number of aromatic nitrogens is 2. The molecule has 0 aliphatic rings. The number of nitrogens with one attached hydrogen (secondary N) is 1. The van der Waals surface area contributed by atoms with Gasteiger partial charge in [0.15, 0.2) is 0 Å². The molecule has 19 heavy (non-hydrogen) atoms. The topological polar surface area (TPSA) is 29.9 Å². The molecule has 0 spiro atoms. The molecule has 0 amide bonds. The first-order valence-electron chi connectivity index (χ1n) is 7.20. The SMILES string of the molecule is Cc1nc2cc(CCNC(C)C)ccc2n1C(C)C. The number of hydrogen-bond donors (Lipinski definition) is 1. The second kappa shape index (κ2) is 5.74. The van der Waals surface area contributed by atoms with Crippen LogP contribution >= 0.6 is 0 Å². The minimum absolute atomic E-state index is 0.457. The second-order valence-electron chi connectivity index (χ2n) is 5.80. The molecule has 0 aliphatic heterocycles. The fourth-order valence-electron chi connectivity index (χ4n) is 2.58. The fourth-order valence-corrected chi connectivity index (χ4v) is 2.58. The highest BCUT2D eigenvalue weighted by Crippen LogP contribution is 2.21. The van der Waals surface area contributed by atoms with Crippen molar-refractivity contribution in [3.05, 3.63) is 29.6 Å². The normalized spacial score (nSPS) is 11.9. The van der Waals surface area contributed by atoms with Crippen LogP contribution < -0.4 is 5.32 Å². The van der Waals surface area contributed by atoms with Gasteiger partial charge in [0.25, 0.3) is 0 Å². The van der Waals surface area contributed by atoms with Crippen LogP contribution in [-0.4, -0.2) is 22.1 Å². The van der Waals surface area contributed by atoms with Gasteiger partial charge < -0.3 is 9.88 Å². The van der Waals surface area contributed by atoms with E-state index in [0.717, 1.165) is 24.3 Å². The van der Waals surface area contributed by atoms with Crippen LogP contribution in [0, 0.1) is 6.92 Å². The van der Waals surface area contributed by atoms with Gasteiger partial charge in [0, 0.05) is 12.1 Å². The number of aryl methyl sites for hydroxylation is 1. The molecule has 1 aromatic heterocycles. The molecular formula is C16H25N3. The molecule has 3 nitrogen and oxygen atoms in total. The lowest BCUT2D eigenvalue weighted by Crippen LogP contribution is -2.24. The van der Waals surface area contributed by atoms with E-state index in [1.807, 2.05) is 0 Å². The molecule has 2 rings (SSSR count). The van der Waals surface area contributed by atoms with Crippen molar-refractivity contribution >= 4 is 11.0 Å². The lowest BCUT2D eigenvalue weighted by molar-refractivity contribution is 0.590. The van der Waals surface area contributed by atoms with E-state index in [-0.39, 0.29) is 0 Å². The molecule has 0 bridgehead atoms. The van der Waals surface area contributed by atoms with E-state index in [1.165, 1.54) is 11.1 Å². The number of imidazole rings is 1. The van der Waals surface area contributed by atoms with Crippen LogP contribution in [0.4, 0.5) is 0 Å². The fraction of sp³-hybridized carbons (Fsp3) is 0.562. The molecule has 2 aromatic rings. The Labute approximate surface area is 116 Å². The van der Waals surface area contributed by atoms with Crippen molar-refractivity contribution in [2.75, 3.05) is 6.54 Å². The highest BCUT2D eigenvalue weighted by Gasteiger charge is 2.10. The van der Waals surface area contributed by atoms with Crippen molar-refractivity contribution < 1.29 is 0 Å². The van der Waals surface area contributed by atoms with E-state index >= 15 is 0 Å². The minimum Gasteiger partial charge on any atom is -0.326 e. The second-order valence-corrected chi connectivity index (χ2v) is 5.80. The molecule has 1 aromatic carbocycles. The maximum atomic E-state index is 4.68. The van der Waals surface area contributed by atoms with Gasteiger partial charge in [0.05, 0.1) is 11.0 Å². The maximum absolute atomic E-state index is 4.68. The molecule has 3 heteroatoms. The predicted octanol–water partition coefficient (Wildman–Crippen LogP) is 3.47. The Morgan fingerprint density at radius 3 is 2.58 bits per heavy atom. The molecule has 0 fully saturated rings. The molecule has 0 atom stereocenters. The highest BCUT2D eigenvalue weighted by molar-refractivity contribution is 5.77. The van der Waals surface area contributed by atoms with Crippen LogP contribution in [0.1, 0.15) is 45.1 Å². The summed E-state index contributed by atoms with van der Waals surface area (Å²) in [5.74, 6) is 1.10. The van der Waals surface area contributed by atoms with Gasteiger partial charge in [-0.05, 0) is 51.4 Å². The lowest BCUT2D eigenvalue weighted by atomic mass is 10.1. The quantitative estimate of drug-likeness (QED) is 0.891. The van der Waals surface area contributed by atoms with Crippen molar-refractivity contribution in [3.8, 4) is 0 Å². The van der Waals surface area contributed by atoms with Crippen molar-refractivity contribution in [3.63, 3.8) is 0 Å². The maximum Gasteiger partial charge on any atom is 0.106 e. The van der Waals surface area contributed by atoms with Crippen molar-refractivity contribution in [1.82, 2.24) is 14.9 Å². The van der Waals surface area contributed by atoms with Crippen LogP contribution in [0.15, 0.2) is 18.2 Å². The van der Waals surface area contributed by atoms with Gasteiger partial charge in [0.2, 0.25) is 0 Å². The van der Waals surface area contributed by atoms with E-state index in [0.29, 0.717) is 12.1 Å². The lowest BCUT2D eigenvalue weighted by Gasteiger charge is -2.11. The molecule has 104 valence electrons. The number of hydrogen-bond acceptors (Lipinski definition) is 2. The molecule has 0 saturated heterocycles. The van der Waals surface area contributed by atoms with E-state index in [9.17, 15) is 0 Å². The third-order valence-corrected chi connectivity index (χ3v) is 3.41. The molecule has 1 heterocycles. The Morgan fingerprint density at radius 1 is 1.21 bits per heavy atom. The summed E-state index contributed by atoms with van der Waals surface area (Å²) in [6.07, 6.45) is 1.06. The zero-order valence-corrected chi connectivity index (χ0v) is 12.7. The zero-order valence-electron chi connectivity index (χ0n) is 12.7. The van der Waals surface area contributed by atoms with Gasteiger partial charge in [-0.1, -0.05) is 19.9 Å². The van der Waals surface area contributed by atoms with E-state index in [2.05, 4.69) is 67.7 Å². The smallest absolute Gasteiger partial charge is 0.106 e. The molecular weight excluding hydrogens is 234 g/mol. The summed E-state index contributed by atoms with van der Waals surface area (Å²) < 4.78 is 2.30. The largest absolute Gasteiger partial charge is 0.326 e. The van der Waals surface area contributed by atoms with E-state index < -0.39 is 0 Å². The Morgan fingerprint density at radius 2 is 1.95 bits per heavy atom. The van der Waals surface area contributed by atoms with Crippen molar-refractivity contribution in [2.45, 2.75) is 53.1 Å². The summed E-state index contributed by atoms with van der Waals surface area (Å²) in [7, 11) is 0. The van der Waals surface area contributed by atoms with Gasteiger partial charge >= 0.3 is 0 Å². The van der Waals surface area contributed by atoms with Gasteiger partial charge in [-0.25, -0.2) is 4.98 Å². The minimum atomic E-state index is 0.457. The first-order chi connectivity index (χ1) is 8.99. The number of rotatable bonds is 5. The highest BCUT2D eigenvalue weighted by atomic mass is 15.1. The van der Waals surface area contributed by atoms with Crippen molar-refractivity contribution in [1.29, 1.82) is 0 Å². The zero-order chi connectivity index (χ0) is 14.0. The molecule has 0 aliphatic carbocycles. The third-order valence-electron chi connectivity index (χ3n) is 3.41. The summed E-state index contributed by atoms with van der Waals surface area (Å²) in [6.45, 7) is 11.9. The number of nitrogens with zero attached hydrogens (tertiary/aromatic N) is 2. The van der Waals surface area contributed by atoms with Gasteiger partial charge in [-0.2, -0.15) is 0 Å². The van der Waals surface area contributed by atoms with E-state index in [4.69, 9.17) is 0 Å². The van der Waals surface area contributed by atoms with Crippen LogP contribution in [0.25, 0.3) is 11.0 Å². The van der Waals surface area contributed by atoms with Crippen LogP contribution in [0.3, 0.4) is 0 Å². The standard InChI is InChI=1S/C16H25N3/c1-11(2)17-9-8-14-6-7-16-15(10-14)18-13(5)19(16)12(3)4/h6-7,10-12,17H,8-9H2,1-5H3. The average molecular weight is 259 g/mol. The summed E-state index contributed by atoms with van der Waals surface area (Å²) in [6, 6.07) is 7.66. The van der Waals surface area contributed by atoms with Crippen LogP contribution in [0.5, 0.6) is 0 Å². The van der Waals surface area contributed by atoms with Gasteiger partial charge in [0.1, 0.15) is 5.82 Å². The summed E-state index contributed by atoms with van der Waals surface area (Å²) in [5.41, 5.74) is 3.72. The Bertz CT molecular complexity index is 552. The summed E-state index contributed by atoms with van der Waals surface area (Å²) in [5, 5.41) is 3.45. The Hall–Kier alpha value is -1.35. The molecule has 0 saturated carbocycles. The number of benzene rings is 1. The number of fused-ring (bicyclic) bond motifs is 1. The Kier molecular flexibility index (Phi) is 4.25. The van der Waals surface area contributed by atoms with Crippen LogP contribution in [0.2, 0.25) is 0 Å². The first-order valence-corrected chi connectivity index (χ1v) is 7.20. The summed E-state index contributed by atoms with van der Waals surface area (Å²) in [4.78, 5) is 4.68. The molecule has 1 N–H and O–H groups in total. The summed E-state index contributed by atoms with van der Waals surface area (Å²) >= 11 is 0. The van der Waals surface area contributed by atoms with Gasteiger partial charge in [-0.15, -0.1) is 0 Å². The predicted molar refractivity (Wildman–Crippen MR) is 81.7 cm³/mol. The van der Waals surface area contributed by atoms with Crippen LogP contribution in [-0.2, 0) is 6.42 Å². The third kappa shape index (κ3) is 3.16. The van der Waals surface area contributed by atoms with Crippen molar-refractivity contribution in [2.24, 2.45) is 0 Å².